The molecule has 0 amide bonds. The molecule has 1 unspecified atom stereocenters. The zero-order valence-electron chi connectivity index (χ0n) is 21.1. The molecule has 2 rings (SSSR count). The fourth-order valence-electron chi connectivity index (χ4n) is 4.09. The van der Waals surface area contributed by atoms with Crippen LogP contribution in [0.15, 0.2) is 34.8 Å². The van der Waals surface area contributed by atoms with Crippen LogP contribution in [0.3, 0.4) is 0 Å². The van der Waals surface area contributed by atoms with Gasteiger partial charge < -0.3 is 9.84 Å². The lowest BCUT2D eigenvalue weighted by atomic mass is 9.74. The molecule has 1 aliphatic rings. The minimum absolute atomic E-state index is 0.0201. The van der Waals surface area contributed by atoms with Gasteiger partial charge in [-0.25, -0.2) is 4.98 Å². The quantitative estimate of drug-likeness (QED) is 0.528. The lowest BCUT2D eigenvalue weighted by Gasteiger charge is -2.31. The third-order valence-corrected chi connectivity index (χ3v) is 7.26. The first-order chi connectivity index (χ1) is 15.4. The van der Waals surface area contributed by atoms with E-state index in [9.17, 15) is 14.7 Å². The number of hydrogen-bond donors (Lipinski definition) is 1. The summed E-state index contributed by atoms with van der Waals surface area (Å²) in [5.74, 6) is -0.878. The number of ether oxygens (including phenoxy) is 1. The number of aryl methyl sites for hydroxylation is 1. The van der Waals surface area contributed by atoms with E-state index in [-0.39, 0.29) is 24.1 Å². The first-order valence-corrected chi connectivity index (χ1v) is 12.6. The van der Waals surface area contributed by atoms with Crippen LogP contribution >= 0.6 is 11.3 Å². The van der Waals surface area contributed by atoms with Gasteiger partial charge >= 0.3 is 5.97 Å². The zero-order valence-corrected chi connectivity index (χ0v) is 21.9. The summed E-state index contributed by atoms with van der Waals surface area (Å²) in [6, 6.07) is 0. The van der Waals surface area contributed by atoms with Crippen molar-refractivity contribution in [3.8, 4) is 0 Å². The number of aromatic nitrogens is 1. The van der Waals surface area contributed by atoms with E-state index in [4.69, 9.17) is 4.74 Å². The molecule has 0 saturated heterocycles. The molecule has 33 heavy (non-hydrogen) atoms. The lowest BCUT2D eigenvalue weighted by Crippen LogP contribution is -2.39. The number of ketones is 1. The van der Waals surface area contributed by atoms with E-state index in [1.807, 2.05) is 65.2 Å². The van der Waals surface area contributed by atoms with Gasteiger partial charge in [0.1, 0.15) is 11.9 Å². The lowest BCUT2D eigenvalue weighted by molar-refractivity contribution is -0.148. The van der Waals surface area contributed by atoms with E-state index < -0.39 is 23.5 Å². The highest BCUT2D eigenvalue weighted by atomic mass is 32.1. The maximum Gasteiger partial charge on any atom is 0.306 e. The fourth-order valence-corrected chi connectivity index (χ4v) is 4.66. The van der Waals surface area contributed by atoms with Gasteiger partial charge in [-0.3, -0.25) is 9.59 Å². The Labute approximate surface area is 202 Å². The van der Waals surface area contributed by atoms with Gasteiger partial charge in [0.25, 0.3) is 0 Å². The third-order valence-electron chi connectivity index (χ3n) is 6.47. The van der Waals surface area contributed by atoms with Gasteiger partial charge in [0, 0.05) is 29.6 Å². The topological polar surface area (TPSA) is 76.5 Å². The Kier molecular flexibility index (Phi) is 9.80. The Balaban J connectivity index is 2.32. The number of rotatable bonds is 2. The number of thiazole rings is 1. The van der Waals surface area contributed by atoms with Crippen LogP contribution in [0, 0.1) is 24.2 Å². The number of carbonyl (C=O) groups excluding carboxylic acids is 2. The van der Waals surface area contributed by atoms with Crippen LogP contribution in [-0.4, -0.2) is 34.1 Å². The Hall–Kier alpha value is -2.05. The number of hydrogen-bond acceptors (Lipinski definition) is 6. The molecule has 1 aromatic heterocycles. The van der Waals surface area contributed by atoms with Crippen molar-refractivity contribution >= 4 is 29.2 Å². The highest BCUT2D eigenvalue weighted by Gasteiger charge is 2.36. The highest BCUT2D eigenvalue weighted by molar-refractivity contribution is 7.09. The van der Waals surface area contributed by atoms with E-state index >= 15 is 0 Å². The first-order valence-electron chi connectivity index (χ1n) is 11.8. The second-order valence-corrected chi connectivity index (χ2v) is 11.0. The van der Waals surface area contributed by atoms with E-state index in [2.05, 4.69) is 11.1 Å². The summed E-state index contributed by atoms with van der Waals surface area (Å²) in [7, 11) is 0. The summed E-state index contributed by atoms with van der Waals surface area (Å²) in [4.78, 5) is 30.3. The molecule has 6 heteroatoms. The molecule has 0 aliphatic carbocycles. The average molecular weight is 474 g/mol. The van der Waals surface area contributed by atoms with Gasteiger partial charge in [-0.15, -0.1) is 11.3 Å². The maximum absolute atomic E-state index is 13.1. The van der Waals surface area contributed by atoms with E-state index in [1.54, 1.807) is 18.3 Å². The van der Waals surface area contributed by atoms with Crippen molar-refractivity contribution in [1.82, 2.24) is 4.98 Å². The molecule has 5 nitrogen and oxygen atoms in total. The van der Waals surface area contributed by atoms with Crippen molar-refractivity contribution in [1.29, 1.82) is 0 Å². The summed E-state index contributed by atoms with van der Waals surface area (Å²) in [5.41, 5.74) is 2.14. The van der Waals surface area contributed by atoms with E-state index in [0.717, 1.165) is 21.8 Å². The molecule has 4 atom stereocenters. The van der Waals surface area contributed by atoms with Crippen LogP contribution in [-0.2, 0) is 14.3 Å². The van der Waals surface area contributed by atoms with E-state index in [0.29, 0.717) is 19.3 Å². The van der Waals surface area contributed by atoms with Crippen LogP contribution in [0.5, 0.6) is 0 Å². The summed E-state index contributed by atoms with van der Waals surface area (Å²) in [5, 5.41) is 13.7. The Morgan fingerprint density at radius 1 is 1.24 bits per heavy atom. The molecule has 1 aliphatic heterocycles. The largest absolute Gasteiger partial charge is 0.457 e. The second-order valence-electron chi connectivity index (χ2n) is 9.98. The predicted octanol–water partition coefficient (Wildman–Crippen LogP) is 6.07. The van der Waals surface area contributed by atoms with Crippen molar-refractivity contribution in [2.75, 3.05) is 0 Å². The SMILES string of the molecule is CC1=C/C[C@@H](/C(C)=C/c2csc(C)n2)OC(=O)CCC(C)(C)C(=O)[C@H](C)C(O)[C@@H](C)C\C=C\1. The standard InChI is InChI=1S/C27H39NO4S/c1-17-9-8-10-18(2)25(30)20(4)26(31)27(6,7)14-13-24(29)32-23(12-11-17)19(3)15-22-16-33-21(5)28-22/h8-9,11,15-16,18,20,23,25,30H,10,12-14H2,1-7H3/b9-8+,17-11-,19-15+/t18-,20+,23-,25?/m0/s1. The number of carbonyl (C=O) groups is 2. The smallest absolute Gasteiger partial charge is 0.306 e. The number of cyclic esters (lactones) is 1. The molecule has 0 saturated carbocycles. The van der Waals surface area contributed by atoms with Crippen molar-refractivity contribution in [2.45, 2.75) is 86.4 Å². The molecule has 2 heterocycles. The summed E-state index contributed by atoms with van der Waals surface area (Å²) in [6.45, 7) is 13.4. The van der Waals surface area contributed by atoms with Crippen molar-refractivity contribution in [2.24, 2.45) is 17.3 Å². The summed E-state index contributed by atoms with van der Waals surface area (Å²) in [6.07, 6.45) is 8.76. The van der Waals surface area contributed by atoms with Gasteiger partial charge in [-0.05, 0) is 51.2 Å². The monoisotopic (exact) mass is 473 g/mol. The number of nitrogens with zero attached hydrogens (tertiary/aromatic N) is 1. The molecule has 182 valence electrons. The molecular formula is C27H39NO4S. The van der Waals surface area contributed by atoms with Crippen molar-refractivity contribution < 1.29 is 19.4 Å². The number of aliphatic hydroxyl groups excluding tert-OH is 1. The van der Waals surface area contributed by atoms with Crippen LogP contribution < -0.4 is 0 Å². The van der Waals surface area contributed by atoms with E-state index in [1.165, 1.54) is 0 Å². The molecule has 1 aromatic rings. The number of aliphatic hydroxyl groups is 1. The number of Topliss-reactive ketones (excluding diaryl/α,β-unsaturated/α-hetero) is 1. The van der Waals surface area contributed by atoms with Gasteiger partial charge in [0.15, 0.2) is 0 Å². The maximum atomic E-state index is 13.1. The molecule has 0 radical (unpaired) electrons. The third kappa shape index (κ3) is 8.04. The molecule has 0 aromatic carbocycles. The van der Waals surface area contributed by atoms with Crippen LogP contribution in [0.1, 0.15) is 77.9 Å². The normalized spacial score (nSPS) is 30.9. The predicted molar refractivity (Wildman–Crippen MR) is 135 cm³/mol. The highest BCUT2D eigenvalue weighted by Crippen LogP contribution is 2.31. The van der Waals surface area contributed by atoms with Crippen LogP contribution in [0.4, 0.5) is 0 Å². The van der Waals surface area contributed by atoms with Gasteiger partial charge in [0.05, 0.1) is 16.8 Å². The molecule has 0 spiro atoms. The van der Waals surface area contributed by atoms with Gasteiger partial charge in [0.2, 0.25) is 0 Å². The minimum atomic E-state index is -0.725. The summed E-state index contributed by atoms with van der Waals surface area (Å²) < 4.78 is 5.87. The Morgan fingerprint density at radius 2 is 1.94 bits per heavy atom. The van der Waals surface area contributed by atoms with Crippen molar-refractivity contribution in [3.05, 3.63) is 45.5 Å². The fraction of sp³-hybridized carbons (Fsp3) is 0.593. The Morgan fingerprint density at radius 3 is 2.58 bits per heavy atom. The van der Waals surface area contributed by atoms with Crippen molar-refractivity contribution in [3.63, 3.8) is 0 Å². The number of allylic oxidation sites excluding steroid dienone is 3. The zero-order chi connectivity index (χ0) is 24.8. The molecule has 0 fully saturated rings. The Bertz CT molecular complexity index is 924. The average Bonchev–Trinajstić information content (AvgIpc) is 3.17. The molecule has 0 bridgehead atoms. The van der Waals surface area contributed by atoms with Gasteiger partial charge in [-0.1, -0.05) is 51.5 Å². The van der Waals surface area contributed by atoms with Crippen LogP contribution in [0.2, 0.25) is 0 Å². The summed E-state index contributed by atoms with van der Waals surface area (Å²) >= 11 is 1.59. The van der Waals surface area contributed by atoms with Gasteiger partial charge in [-0.2, -0.15) is 0 Å². The minimum Gasteiger partial charge on any atom is -0.457 e. The first kappa shape index (κ1) is 27.2. The molecule has 1 N–H and O–H groups in total. The number of esters is 1. The molecular weight excluding hydrogens is 434 g/mol. The second kappa shape index (κ2) is 11.9. The van der Waals surface area contributed by atoms with Crippen LogP contribution in [0.25, 0.3) is 6.08 Å².